The van der Waals surface area contributed by atoms with Gasteiger partial charge in [-0.2, -0.15) is 5.26 Å². The van der Waals surface area contributed by atoms with Gasteiger partial charge in [-0.1, -0.05) is 0 Å². The van der Waals surface area contributed by atoms with Gasteiger partial charge in [0.25, 0.3) is 6.43 Å². The van der Waals surface area contributed by atoms with Crippen LogP contribution in [0.15, 0.2) is 6.07 Å². The van der Waals surface area contributed by atoms with Crippen molar-refractivity contribution >= 4 is 0 Å². The van der Waals surface area contributed by atoms with Crippen molar-refractivity contribution in [1.29, 1.82) is 5.26 Å². The van der Waals surface area contributed by atoms with Gasteiger partial charge in [0, 0.05) is 6.07 Å². The number of pyridine rings is 1. The first-order valence-corrected chi connectivity index (χ1v) is 3.98. The molecule has 0 saturated carbocycles. The number of halogens is 3. The SMILES string of the molecule is COc1cc(C(F)F)nc(CC#N)c1F. The standard InChI is InChI=1S/C9H7F3N2O/c1-15-7-4-6(9(11)12)14-5(2-3-13)8(7)10/h4,9H,2H2,1H3. The molecule has 0 atom stereocenters. The minimum absolute atomic E-state index is 0.327. The lowest BCUT2D eigenvalue weighted by Gasteiger charge is -2.07. The van der Waals surface area contributed by atoms with Gasteiger partial charge < -0.3 is 4.74 Å². The Hall–Kier alpha value is -1.77. The summed E-state index contributed by atoms with van der Waals surface area (Å²) in [6, 6.07) is 2.46. The van der Waals surface area contributed by atoms with E-state index >= 15 is 0 Å². The molecule has 0 saturated heterocycles. The number of aromatic nitrogens is 1. The number of ether oxygens (including phenoxy) is 1. The summed E-state index contributed by atoms with van der Waals surface area (Å²) in [4.78, 5) is 3.34. The van der Waals surface area contributed by atoms with E-state index in [0.717, 1.165) is 13.2 Å². The van der Waals surface area contributed by atoms with Gasteiger partial charge in [0.15, 0.2) is 11.6 Å². The summed E-state index contributed by atoms with van der Waals surface area (Å²) in [5.41, 5.74) is -0.925. The number of hydrogen-bond acceptors (Lipinski definition) is 3. The van der Waals surface area contributed by atoms with Gasteiger partial charge in [-0.15, -0.1) is 0 Å². The van der Waals surface area contributed by atoms with Gasteiger partial charge in [0.05, 0.1) is 25.3 Å². The van der Waals surface area contributed by atoms with Crippen molar-refractivity contribution < 1.29 is 17.9 Å². The molecule has 0 aliphatic rings. The quantitative estimate of drug-likeness (QED) is 0.778. The molecule has 0 amide bonds. The Kier molecular flexibility index (Phi) is 3.50. The molecular formula is C9H7F3N2O. The number of hydrogen-bond donors (Lipinski definition) is 0. The fourth-order valence-corrected chi connectivity index (χ4v) is 1.03. The van der Waals surface area contributed by atoms with Crippen LogP contribution in [0.5, 0.6) is 5.75 Å². The third-order valence-electron chi connectivity index (χ3n) is 1.70. The average molecular weight is 216 g/mol. The highest BCUT2D eigenvalue weighted by Crippen LogP contribution is 2.26. The second kappa shape index (κ2) is 4.64. The van der Waals surface area contributed by atoms with Crippen LogP contribution in [0.25, 0.3) is 0 Å². The van der Waals surface area contributed by atoms with Gasteiger partial charge in [-0.05, 0) is 0 Å². The fraction of sp³-hybridized carbons (Fsp3) is 0.333. The molecule has 0 radical (unpaired) electrons. The zero-order valence-electron chi connectivity index (χ0n) is 7.80. The second-order valence-corrected chi connectivity index (χ2v) is 2.65. The van der Waals surface area contributed by atoms with Crippen molar-refractivity contribution in [2.45, 2.75) is 12.8 Å². The number of rotatable bonds is 3. The maximum atomic E-state index is 13.3. The molecule has 15 heavy (non-hydrogen) atoms. The third-order valence-corrected chi connectivity index (χ3v) is 1.70. The molecule has 1 aromatic rings. The van der Waals surface area contributed by atoms with Crippen LogP contribution >= 0.6 is 0 Å². The van der Waals surface area contributed by atoms with Gasteiger partial charge >= 0.3 is 0 Å². The predicted molar refractivity (Wildman–Crippen MR) is 45.0 cm³/mol. The summed E-state index contributed by atoms with van der Waals surface area (Å²) in [5, 5.41) is 8.35. The van der Waals surface area contributed by atoms with E-state index in [-0.39, 0.29) is 17.9 Å². The molecule has 3 nitrogen and oxygen atoms in total. The summed E-state index contributed by atoms with van der Waals surface area (Å²) in [7, 11) is 1.16. The Morgan fingerprint density at radius 3 is 2.73 bits per heavy atom. The Bertz CT molecular complexity index is 401. The Morgan fingerprint density at radius 1 is 1.60 bits per heavy atom. The summed E-state index contributed by atoms with van der Waals surface area (Å²) < 4.78 is 42.5. The lowest BCUT2D eigenvalue weighted by molar-refractivity contribution is 0.145. The van der Waals surface area contributed by atoms with Crippen LogP contribution in [0.3, 0.4) is 0 Å². The number of methoxy groups -OCH3 is 1. The van der Waals surface area contributed by atoms with E-state index in [9.17, 15) is 13.2 Å². The number of alkyl halides is 2. The topological polar surface area (TPSA) is 45.9 Å². The molecule has 1 aromatic heterocycles. The highest BCUT2D eigenvalue weighted by Gasteiger charge is 2.17. The molecule has 1 heterocycles. The largest absolute Gasteiger partial charge is 0.494 e. The monoisotopic (exact) mass is 216 g/mol. The van der Waals surface area contributed by atoms with E-state index in [1.165, 1.54) is 0 Å². The Labute approximate surface area is 84.1 Å². The summed E-state index contributed by atoms with van der Waals surface area (Å²) in [6.07, 6.45) is -3.19. The molecule has 0 spiro atoms. The normalized spacial score (nSPS) is 10.1. The summed E-state index contributed by atoms with van der Waals surface area (Å²) in [5.74, 6) is -1.20. The third kappa shape index (κ3) is 2.37. The Morgan fingerprint density at radius 2 is 2.27 bits per heavy atom. The van der Waals surface area contributed by atoms with E-state index in [1.807, 2.05) is 0 Å². The van der Waals surface area contributed by atoms with E-state index in [1.54, 1.807) is 6.07 Å². The maximum absolute atomic E-state index is 13.3. The smallest absolute Gasteiger partial charge is 0.280 e. The first-order valence-electron chi connectivity index (χ1n) is 3.98. The molecule has 0 unspecified atom stereocenters. The van der Waals surface area contributed by atoms with Crippen LogP contribution in [0.1, 0.15) is 17.8 Å². The first kappa shape index (κ1) is 11.3. The molecule has 0 aliphatic heterocycles. The van der Waals surface area contributed by atoms with E-state index in [4.69, 9.17) is 5.26 Å². The lowest BCUT2D eigenvalue weighted by atomic mass is 10.2. The molecule has 0 aromatic carbocycles. The molecule has 6 heteroatoms. The number of nitriles is 1. The van der Waals surface area contributed by atoms with Crippen LogP contribution in [0, 0.1) is 17.1 Å². The second-order valence-electron chi connectivity index (χ2n) is 2.65. The van der Waals surface area contributed by atoms with Crippen molar-refractivity contribution in [2.24, 2.45) is 0 Å². The van der Waals surface area contributed by atoms with Gasteiger partial charge in [-0.25, -0.2) is 18.2 Å². The van der Waals surface area contributed by atoms with Crippen LogP contribution < -0.4 is 4.74 Å². The minimum atomic E-state index is -2.82. The van der Waals surface area contributed by atoms with Crippen LogP contribution in [-0.4, -0.2) is 12.1 Å². The van der Waals surface area contributed by atoms with Gasteiger partial charge in [0.1, 0.15) is 5.69 Å². The van der Waals surface area contributed by atoms with Crippen molar-refractivity contribution in [3.05, 3.63) is 23.3 Å². The molecular weight excluding hydrogens is 209 g/mol. The maximum Gasteiger partial charge on any atom is 0.280 e. The highest BCUT2D eigenvalue weighted by atomic mass is 19.3. The Balaban J connectivity index is 3.26. The number of nitrogens with zero attached hydrogens (tertiary/aromatic N) is 2. The predicted octanol–water partition coefficient (Wildman–Crippen LogP) is 2.23. The lowest BCUT2D eigenvalue weighted by Crippen LogP contribution is -2.02. The zero-order chi connectivity index (χ0) is 11.4. The van der Waals surface area contributed by atoms with E-state index in [0.29, 0.717) is 0 Å². The van der Waals surface area contributed by atoms with Crippen molar-refractivity contribution in [3.8, 4) is 11.8 Å². The molecule has 0 bridgehead atoms. The first-order chi connectivity index (χ1) is 7.10. The van der Waals surface area contributed by atoms with Crippen LogP contribution in [-0.2, 0) is 6.42 Å². The zero-order valence-corrected chi connectivity index (χ0v) is 7.80. The van der Waals surface area contributed by atoms with Crippen LogP contribution in [0.2, 0.25) is 0 Å². The molecule has 0 fully saturated rings. The van der Waals surface area contributed by atoms with Gasteiger partial charge in [-0.3, -0.25) is 0 Å². The summed E-state index contributed by atoms with van der Waals surface area (Å²) >= 11 is 0. The van der Waals surface area contributed by atoms with Crippen molar-refractivity contribution in [2.75, 3.05) is 7.11 Å². The fourth-order valence-electron chi connectivity index (χ4n) is 1.03. The molecule has 1 rings (SSSR count). The molecule has 80 valence electrons. The summed E-state index contributed by atoms with van der Waals surface area (Å²) in [6.45, 7) is 0. The van der Waals surface area contributed by atoms with Crippen LogP contribution in [0.4, 0.5) is 13.2 Å². The van der Waals surface area contributed by atoms with Crippen molar-refractivity contribution in [1.82, 2.24) is 4.98 Å². The van der Waals surface area contributed by atoms with Crippen molar-refractivity contribution in [3.63, 3.8) is 0 Å². The van der Waals surface area contributed by atoms with E-state index < -0.39 is 17.9 Å². The minimum Gasteiger partial charge on any atom is -0.494 e. The highest BCUT2D eigenvalue weighted by molar-refractivity contribution is 5.31. The average Bonchev–Trinajstić information content (AvgIpc) is 2.21. The van der Waals surface area contributed by atoms with E-state index in [2.05, 4.69) is 9.72 Å². The molecule has 0 N–H and O–H groups in total. The molecule has 0 aliphatic carbocycles. The van der Waals surface area contributed by atoms with Gasteiger partial charge in [0.2, 0.25) is 0 Å².